The van der Waals surface area contributed by atoms with Crippen LogP contribution >= 0.6 is 0 Å². The smallest absolute Gasteiger partial charge is 0.311 e. The number of allylic oxidation sites excluding steroid dienone is 1. The molecule has 7 rings (SSSR count). The van der Waals surface area contributed by atoms with Gasteiger partial charge in [-0.1, -0.05) is 110 Å². The molecule has 0 aliphatic carbocycles. The average molecular weight is 803 g/mol. The Hall–Kier alpha value is -3.53. The predicted molar refractivity (Wildman–Crippen MR) is 212 cm³/mol. The molecule has 0 aromatic heterocycles. The van der Waals surface area contributed by atoms with Crippen LogP contribution < -0.4 is 0 Å². The normalized spacial score (nSPS) is 32.4. The molecule has 2 unspecified atom stereocenters. The monoisotopic (exact) mass is 802 g/mol. The second kappa shape index (κ2) is 20.2. The quantitative estimate of drug-likeness (QED) is 0.0901. The minimum Gasteiger partial charge on any atom is -0.456 e. The van der Waals surface area contributed by atoms with Crippen molar-refractivity contribution >= 4 is 5.97 Å². The summed E-state index contributed by atoms with van der Waals surface area (Å²) in [5, 5.41) is 12.2. The molecule has 58 heavy (non-hydrogen) atoms. The van der Waals surface area contributed by atoms with Gasteiger partial charge in [0.15, 0.2) is 31.3 Å². The van der Waals surface area contributed by atoms with E-state index in [0.717, 1.165) is 48.8 Å². The Bertz CT molecular complexity index is 1700. The van der Waals surface area contributed by atoms with E-state index in [1.807, 2.05) is 97.1 Å². The molecule has 4 heterocycles. The number of carbonyl (C=O) groups excluding carboxylic acids is 1. The van der Waals surface area contributed by atoms with Crippen LogP contribution in [-0.2, 0) is 58.8 Å². The van der Waals surface area contributed by atoms with Crippen molar-refractivity contribution in [1.29, 1.82) is 0 Å². The van der Waals surface area contributed by atoms with Crippen molar-refractivity contribution in [3.05, 3.63) is 120 Å². The van der Waals surface area contributed by atoms with E-state index in [4.69, 9.17) is 47.4 Å². The van der Waals surface area contributed by atoms with Crippen LogP contribution in [0.5, 0.6) is 0 Å². The highest BCUT2D eigenvalue weighted by Gasteiger charge is 2.57. The Morgan fingerprint density at radius 1 is 0.707 bits per heavy atom. The first-order valence-electron chi connectivity index (χ1n) is 20.6. The fraction of sp³-hybridized carbons (Fsp3) is 0.543. The van der Waals surface area contributed by atoms with Gasteiger partial charge in [-0.3, -0.25) is 4.79 Å². The van der Waals surface area contributed by atoms with E-state index in [1.54, 1.807) is 20.8 Å². The van der Waals surface area contributed by atoms with Gasteiger partial charge in [0.2, 0.25) is 0 Å². The van der Waals surface area contributed by atoms with Gasteiger partial charge in [-0.15, -0.1) is 6.58 Å². The van der Waals surface area contributed by atoms with Gasteiger partial charge in [0, 0.05) is 17.7 Å². The van der Waals surface area contributed by atoms with E-state index in [2.05, 4.69) is 6.58 Å². The minimum absolute atomic E-state index is 0.0904. The van der Waals surface area contributed by atoms with Crippen molar-refractivity contribution < 1.29 is 57.3 Å². The van der Waals surface area contributed by atoms with Crippen LogP contribution in [0.3, 0.4) is 0 Å². The molecule has 4 aliphatic heterocycles. The van der Waals surface area contributed by atoms with Crippen LogP contribution in [0.1, 0.15) is 82.1 Å². The van der Waals surface area contributed by atoms with Crippen molar-refractivity contribution in [2.45, 2.75) is 133 Å². The molecule has 1 N–H and O–H groups in total. The summed E-state index contributed by atoms with van der Waals surface area (Å²) in [5.41, 5.74) is 1.69. The summed E-state index contributed by atoms with van der Waals surface area (Å²) < 4.78 is 64.8. The first-order valence-corrected chi connectivity index (χ1v) is 20.6. The molecule has 0 saturated carbocycles. The molecule has 12 atom stereocenters. The maximum atomic E-state index is 13.5. The molecule has 314 valence electrons. The number of hydrogen-bond donors (Lipinski definition) is 1. The lowest BCUT2D eigenvalue weighted by atomic mass is 9.94. The maximum absolute atomic E-state index is 13.5. The van der Waals surface area contributed by atoms with Gasteiger partial charge in [0.1, 0.15) is 42.7 Å². The summed E-state index contributed by atoms with van der Waals surface area (Å²) in [6.45, 7) is 10.0. The number of unbranched alkanes of at least 4 members (excludes halogenated alkanes) is 4. The zero-order valence-electron chi connectivity index (χ0n) is 33.7. The molecule has 0 radical (unpaired) electrons. The van der Waals surface area contributed by atoms with Gasteiger partial charge in [-0.05, 0) is 45.6 Å². The molecule has 0 amide bonds. The van der Waals surface area contributed by atoms with Crippen LogP contribution in [-0.4, -0.2) is 92.3 Å². The largest absolute Gasteiger partial charge is 0.456 e. The predicted octanol–water partition coefficient (Wildman–Crippen LogP) is 7.11. The van der Waals surface area contributed by atoms with Crippen LogP contribution in [0.15, 0.2) is 104 Å². The van der Waals surface area contributed by atoms with Crippen LogP contribution in [0.25, 0.3) is 0 Å². The summed E-state index contributed by atoms with van der Waals surface area (Å²) >= 11 is 0. The third-order valence-corrected chi connectivity index (χ3v) is 10.8. The van der Waals surface area contributed by atoms with Crippen molar-refractivity contribution in [3.63, 3.8) is 0 Å². The topological polar surface area (TPSA) is 130 Å². The molecule has 4 saturated heterocycles. The Balaban J connectivity index is 1.18. The number of aliphatic hydroxyl groups excluding tert-OH is 1. The number of esters is 1. The van der Waals surface area contributed by atoms with Gasteiger partial charge in [0.05, 0.1) is 25.2 Å². The maximum Gasteiger partial charge on any atom is 0.311 e. The Morgan fingerprint density at radius 2 is 1.26 bits per heavy atom. The van der Waals surface area contributed by atoms with Crippen molar-refractivity contribution in [2.75, 3.05) is 19.8 Å². The van der Waals surface area contributed by atoms with Crippen molar-refractivity contribution in [2.24, 2.45) is 5.41 Å². The highest BCUT2D eigenvalue weighted by Crippen LogP contribution is 2.41. The van der Waals surface area contributed by atoms with E-state index in [0.29, 0.717) is 6.61 Å². The third-order valence-electron chi connectivity index (χ3n) is 10.8. The molecule has 4 aliphatic rings. The number of rotatable bonds is 16. The first kappa shape index (κ1) is 42.6. The summed E-state index contributed by atoms with van der Waals surface area (Å²) in [5.74, 6) is -0.506. The standard InChI is InChI=1S/C46H58O12/c1-5-6-7-8-9-19-26-49-44-40(50-27-30-20-13-10-14-21-30)39(37-34(54-44)29-52-42(56-37)32-24-17-12-18-25-32)57-43-35(47)38(58-45(48)46(2,3)4)36-33(53-43)28-51-41(55-36)31-22-15-11-16-23-31/h5,10-18,20-25,33-44,47H,1,6-9,19,26-29H2,2-4H3/t33-,34-,35-,36+,37+,38-,39+,40-,41?,42?,43+,44-/m1/s1. The van der Waals surface area contributed by atoms with Gasteiger partial charge in [-0.25, -0.2) is 0 Å². The molecule has 4 fully saturated rings. The van der Waals surface area contributed by atoms with E-state index in [1.165, 1.54) is 0 Å². The number of hydrogen-bond acceptors (Lipinski definition) is 12. The SMILES string of the molecule is C=CCCCCCCO[C@@H]1O[C@@H]2COC(c3ccccc3)O[C@@H]2[C@H](O[C@@H]2O[C@@H]3COC(c4ccccc4)O[C@@H]3[C@H](OC(=O)C(C)(C)C)[C@H]2O)[C@H]1OCc1ccccc1. The van der Waals surface area contributed by atoms with Gasteiger partial charge >= 0.3 is 5.97 Å². The summed E-state index contributed by atoms with van der Waals surface area (Å²) in [7, 11) is 0. The Kier molecular flexibility index (Phi) is 14.8. The lowest BCUT2D eigenvalue weighted by Gasteiger charge is -2.52. The second-order valence-corrected chi connectivity index (χ2v) is 16.3. The molecular formula is C46H58O12. The zero-order valence-corrected chi connectivity index (χ0v) is 33.7. The van der Waals surface area contributed by atoms with Crippen molar-refractivity contribution in [3.8, 4) is 0 Å². The van der Waals surface area contributed by atoms with E-state index in [-0.39, 0.29) is 19.8 Å². The zero-order chi connectivity index (χ0) is 40.5. The van der Waals surface area contributed by atoms with Crippen LogP contribution in [0.2, 0.25) is 0 Å². The van der Waals surface area contributed by atoms with Gasteiger partial charge < -0.3 is 52.5 Å². The van der Waals surface area contributed by atoms with Gasteiger partial charge in [-0.2, -0.15) is 0 Å². The molecule has 12 nitrogen and oxygen atoms in total. The molecule has 12 heteroatoms. The number of aliphatic hydroxyl groups is 1. The number of ether oxygens (including phenoxy) is 10. The minimum atomic E-state index is -1.47. The van der Waals surface area contributed by atoms with E-state index >= 15 is 0 Å². The molecule has 3 aromatic carbocycles. The van der Waals surface area contributed by atoms with E-state index < -0.39 is 85.4 Å². The lowest BCUT2D eigenvalue weighted by Crippen LogP contribution is -2.68. The molecule has 3 aromatic rings. The molecular weight excluding hydrogens is 744 g/mol. The average Bonchev–Trinajstić information content (AvgIpc) is 3.24. The van der Waals surface area contributed by atoms with Crippen LogP contribution in [0.4, 0.5) is 0 Å². The van der Waals surface area contributed by atoms with Crippen LogP contribution in [0, 0.1) is 5.41 Å². The third kappa shape index (κ3) is 10.6. The second-order valence-electron chi connectivity index (χ2n) is 16.3. The molecule has 0 bridgehead atoms. The summed E-state index contributed by atoms with van der Waals surface area (Å²) in [4.78, 5) is 13.5. The first-order chi connectivity index (χ1) is 28.2. The lowest BCUT2D eigenvalue weighted by molar-refractivity contribution is -0.408. The highest BCUT2D eigenvalue weighted by atomic mass is 16.8. The summed E-state index contributed by atoms with van der Waals surface area (Å²) in [6, 6.07) is 28.9. The fourth-order valence-electron chi connectivity index (χ4n) is 7.55. The highest BCUT2D eigenvalue weighted by molar-refractivity contribution is 5.75. The van der Waals surface area contributed by atoms with E-state index in [9.17, 15) is 9.90 Å². The Morgan fingerprint density at radius 3 is 1.84 bits per heavy atom. The summed E-state index contributed by atoms with van der Waals surface area (Å²) in [6.07, 6.45) is -4.19. The number of benzene rings is 3. The number of fused-ring (bicyclic) bond motifs is 2. The van der Waals surface area contributed by atoms with Crippen molar-refractivity contribution in [1.82, 2.24) is 0 Å². The molecule has 0 spiro atoms. The Labute approximate surface area is 341 Å². The number of carbonyl (C=O) groups is 1. The fourth-order valence-corrected chi connectivity index (χ4v) is 7.55. The van der Waals surface area contributed by atoms with Gasteiger partial charge in [0.25, 0.3) is 0 Å².